The largest absolute Gasteiger partial charge is 0.346 e. The fraction of sp³-hybridized carbons (Fsp3) is 0.333. The van der Waals surface area contributed by atoms with Gasteiger partial charge >= 0.3 is 0 Å². The Morgan fingerprint density at radius 3 is 2.76 bits per heavy atom. The third-order valence-corrected chi connectivity index (χ3v) is 3.94. The quantitative estimate of drug-likeness (QED) is 0.637. The van der Waals surface area contributed by atoms with E-state index in [1.807, 2.05) is 12.3 Å². The molecular weight excluding hydrogens is 334 g/mol. The first-order valence-corrected chi connectivity index (χ1v) is 7.57. The molecule has 0 aliphatic heterocycles. The van der Waals surface area contributed by atoms with Gasteiger partial charge in [-0.3, -0.25) is 10.1 Å². The zero-order chi connectivity index (χ0) is 15.4. The zero-order valence-electron chi connectivity index (χ0n) is 12.0. The average molecular weight is 352 g/mol. The molecule has 21 heavy (non-hydrogen) atoms. The Balaban J connectivity index is 2.15. The number of halogens is 1. The smallest absolute Gasteiger partial charge is 0.270 e. The fourth-order valence-electron chi connectivity index (χ4n) is 2.03. The van der Waals surface area contributed by atoms with Gasteiger partial charge in [-0.25, -0.2) is 0 Å². The number of nitrogens with one attached hydrogen (secondary N) is 1. The number of benzene rings is 1. The van der Waals surface area contributed by atoms with Crippen LogP contribution in [-0.2, 0) is 13.1 Å². The molecule has 5 nitrogen and oxygen atoms in total. The van der Waals surface area contributed by atoms with E-state index >= 15 is 0 Å². The van der Waals surface area contributed by atoms with Gasteiger partial charge in [0, 0.05) is 47.6 Å². The summed E-state index contributed by atoms with van der Waals surface area (Å²) in [6.45, 7) is 5.70. The molecule has 0 aliphatic carbocycles. The molecule has 2 rings (SSSR count). The Labute approximate surface area is 132 Å². The van der Waals surface area contributed by atoms with Crippen LogP contribution in [0.25, 0.3) is 0 Å². The molecule has 0 saturated heterocycles. The molecule has 0 atom stereocenters. The minimum absolute atomic E-state index is 0.0971. The van der Waals surface area contributed by atoms with E-state index in [-0.39, 0.29) is 10.6 Å². The van der Waals surface area contributed by atoms with Crippen LogP contribution >= 0.6 is 15.9 Å². The van der Waals surface area contributed by atoms with Crippen LogP contribution in [0.5, 0.6) is 0 Å². The molecule has 6 heteroatoms. The zero-order valence-corrected chi connectivity index (χ0v) is 13.6. The van der Waals surface area contributed by atoms with Crippen molar-refractivity contribution >= 4 is 21.6 Å². The molecule has 1 aromatic heterocycles. The minimum Gasteiger partial charge on any atom is -0.346 e. The number of rotatable bonds is 6. The highest BCUT2D eigenvalue weighted by molar-refractivity contribution is 9.10. The molecule has 0 fully saturated rings. The second-order valence-corrected chi connectivity index (χ2v) is 6.05. The molecule has 2 aromatic rings. The van der Waals surface area contributed by atoms with Crippen molar-refractivity contribution in [2.45, 2.75) is 33.0 Å². The molecule has 112 valence electrons. The Hall–Kier alpha value is -1.66. The van der Waals surface area contributed by atoms with Crippen LogP contribution in [0, 0.1) is 10.1 Å². The van der Waals surface area contributed by atoms with Gasteiger partial charge in [-0.15, -0.1) is 0 Å². The molecule has 0 unspecified atom stereocenters. The number of aromatic nitrogens is 1. The highest BCUT2D eigenvalue weighted by atomic mass is 79.9. The van der Waals surface area contributed by atoms with Crippen molar-refractivity contribution in [3.63, 3.8) is 0 Å². The summed E-state index contributed by atoms with van der Waals surface area (Å²) < 4.78 is 2.90. The van der Waals surface area contributed by atoms with Crippen LogP contribution < -0.4 is 5.32 Å². The summed E-state index contributed by atoms with van der Waals surface area (Å²) >= 11 is 3.41. The molecule has 0 amide bonds. The van der Waals surface area contributed by atoms with E-state index in [0.29, 0.717) is 12.6 Å². The first kappa shape index (κ1) is 15.7. The molecule has 1 aromatic carbocycles. The third-order valence-electron chi connectivity index (χ3n) is 3.20. The van der Waals surface area contributed by atoms with Crippen molar-refractivity contribution in [1.82, 2.24) is 9.88 Å². The Morgan fingerprint density at radius 2 is 2.14 bits per heavy atom. The molecule has 0 spiro atoms. The van der Waals surface area contributed by atoms with E-state index in [2.05, 4.69) is 45.7 Å². The number of non-ortho nitro benzene ring substituents is 1. The molecule has 0 bridgehead atoms. The van der Waals surface area contributed by atoms with Gasteiger partial charge in [0.2, 0.25) is 0 Å². The summed E-state index contributed by atoms with van der Waals surface area (Å²) in [7, 11) is 0. The van der Waals surface area contributed by atoms with Gasteiger partial charge in [0.25, 0.3) is 5.69 Å². The van der Waals surface area contributed by atoms with Crippen molar-refractivity contribution in [2.24, 2.45) is 0 Å². The van der Waals surface area contributed by atoms with Gasteiger partial charge in [-0.2, -0.15) is 0 Å². The number of nitrogens with zero attached hydrogens (tertiary/aromatic N) is 2. The molecule has 0 saturated carbocycles. The van der Waals surface area contributed by atoms with Gasteiger partial charge < -0.3 is 9.88 Å². The summed E-state index contributed by atoms with van der Waals surface area (Å²) in [4.78, 5) is 10.4. The maximum atomic E-state index is 10.8. The van der Waals surface area contributed by atoms with Crippen LogP contribution in [0.1, 0.15) is 25.1 Å². The Kier molecular flexibility index (Phi) is 5.14. The standard InChI is InChI=1S/C15H18BrN3O2/c1-11(2)17-9-14-4-3-7-18(14)10-12-5-6-13(19(20)21)8-15(12)16/h3-8,11,17H,9-10H2,1-2H3. The highest BCUT2D eigenvalue weighted by Gasteiger charge is 2.10. The number of nitro benzene ring substituents is 1. The van der Waals surface area contributed by atoms with Crippen LogP contribution in [0.2, 0.25) is 0 Å². The van der Waals surface area contributed by atoms with Gasteiger partial charge in [0.1, 0.15) is 0 Å². The third kappa shape index (κ3) is 4.15. The lowest BCUT2D eigenvalue weighted by Crippen LogP contribution is -2.23. The molecule has 0 radical (unpaired) electrons. The van der Waals surface area contributed by atoms with E-state index in [1.54, 1.807) is 12.1 Å². The Bertz CT molecular complexity index is 638. The van der Waals surface area contributed by atoms with Gasteiger partial charge in [-0.1, -0.05) is 29.8 Å². The van der Waals surface area contributed by atoms with Crippen LogP contribution in [0.4, 0.5) is 5.69 Å². The molecular formula is C15H18BrN3O2. The van der Waals surface area contributed by atoms with Crippen molar-refractivity contribution in [3.8, 4) is 0 Å². The Morgan fingerprint density at radius 1 is 1.38 bits per heavy atom. The number of hydrogen-bond donors (Lipinski definition) is 1. The second kappa shape index (κ2) is 6.87. The first-order valence-electron chi connectivity index (χ1n) is 6.77. The predicted octanol–water partition coefficient (Wildman–Crippen LogP) is 3.71. The SMILES string of the molecule is CC(C)NCc1cccn1Cc1ccc([N+](=O)[O-])cc1Br. The molecule has 1 heterocycles. The van der Waals surface area contributed by atoms with Crippen molar-refractivity contribution in [2.75, 3.05) is 0 Å². The van der Waals surface area contributed by atoms with E-state index in [4.69, 9.17) is 0 Å². The van der Waals surface area contributed by atoms with E-state index in [9.17, 15) is 10.1 Å². The van der Waals surface area contributed by atoms with Crippen molar-refractivity contribution < 1.29 is 4.92 Å². The number of hydrogen-bond acceptors (Lipinski definition) is 3. The summed E-state index contributed by atoms with van der Waals surface area (Å²) in [6.07, 6.45) is 2.02. The van der Waals surface area contributed by atoms with E-state index in [0.717, 1.165) is 16.6 Å². The normalized spacial score (nSPS) is 11.0. The van der Waals surface area contributed by atoms with Crippen LogP contribution in [-0.4, -0.2) is 15.5 Å². The van der Waals surface area contributed by atoms with Crippen molar-refractivity contribution in [1.29, 1.82) is 0 Å². The van der Waals surface area contributed by atoms with Crippen molar-refractivity contribution in [3.05, 3.63) is 62.4 Å². The minimum atomic E-state index is -0.387. The van der Waals surface area contributed by atoms with Gasteiger partial charge in [0.05, 0.1) is 4.92 Å². The van der Waals surface area contributed by atoms with Crippen LogP contribution in [0.3, 0.4) is 0 Å². The first-order chi connectivity index (χ1) is 9.97. The fourth-order valence-corrected chi connectivity index (χ4v) is 2.53. The summed E-state index contributed by atoms with van der Waals surface area (Å²) in [5.41, 5.74) is 2.30. The monoisotopic (exact) mass is 351 g/mol. The van der Waals surface area contributed by atoms with Gasteiger partial charge in [0.15, 0.2) is 0 Å². The van der Waals surface area contributed by atoms with E-state index < -0.39 is 0 Å². The average Bonchev–Trinajstić information content (AvgIpc) is 2.85. The maximum absolute atomic E-state index is 10.8. The van der Waals surface area contributed by atoms with Crippen LogP contribution in [0.15, 0.2) is 41.0 Å². The topological polar surface area (TPSA) is 60.1 Å². The lowest BCUT2D eigenvalue weighted by molar-refractivity contribution is -0.384. The lowest BCUT2D eigenvalue weighted by Gasteiger charge is -2.13. The second-order valence-electron chi connectivity index (χ2n) is 5.20. The summed E-state index contributed by atoms with van der Waals surface area (Å²) in [6, 6.07) is 9.40. The summed E-state index contributed by atoms with van der Waals surface area (Å²) in [5, 5.41) is 14.1. The van der Waals surface area contributed by atoms with Gasteiger partial charge in [-0.05, 0) is 23.8 Å². The predicted molar refractivity (Wildman–Crippen MR) is 86.3 cm³/mol. The summed E-state index contributed by atoms with van der Waals surface area (Å²) in [5.74, 6) is 0. The van der Waals surface area contributed by atoms with E-state index in [1.165, 1.54) is 11.8 Å². The lowest BCUT2D eigenvalue weighted by atomic mass is 10.2. The number of nitro groups is 1. The molecule has 0 aliphatic rings. The maximum Gasteiger partial charge on any atom is 0.270 e. The highest BCUT2D eigenvalue weighted by Crippen LogP contribution is 2.24. The molecule has 1 N–H and O–H groups in total.